The van der Waals surface area contributed by atoms with Crippen molar-refractivity contribution >= 4 is 23.1 Å². The molecule has 1 aliphatic carbocycles. The smallest absolute Gasteiger partial charge is 0.224 e. The van der Waals surface area contributed by atoms with Gasteiger partial charge in [0.2, 0.25) is 5.91 Å². The van der Waals surface area contributed by atoms with Gasteiger partial charge in [0, 0.05) is 11.6 Å². The fourth-order valence-electron chi connectivity index (χ4n) is 2.32. The van der Waals surface area contributed by atoms with Gasteiger partial charge in [-0.3, -0.25) is 4.79 Å². The zero-order chi connectivity index (χ0) is 13.0. The Morgan fingerprint density at radius 1 is 1.28 bits per heavy atom. The highest BCUT2D eigenvalue weighted by Crippen LogP contribution is 2.17. The summed E-state index contributed by atoms with van der Waals surface area (Å²) < 4.78 is 0. The van der Waals surface area contributed by atoms with E-state index in [1.165, 1.54) is 12.8 Å². The van der Waals surface area contributed by atoms with E-state index in [0.29, 0.717) is 17.5 Å². The van der Waals surface area contributed by atoms with Gasteiger partial charge >= 0.3 is 0 Å². The molecule has 1 saturated carbocycles. The molecule has 1 aromatic carbocycles. The molecule has 0 atom stereocenters. The van der Waals surface area contributed by atoms with Gasteiger partial charge in [0.1, 0.15) is 4.99 Å². The van der Waals surface area contributed by atoms with Crippen molar-refractivity contribution in [1.82, 2.24) is 5.32 Å². The topological polar surface area (TPSA) is 55.1 Å². The molecule has 0 aromatic heterocycles. The lowest BCUT2D eigenvalue weighted by atomic mass is 10.1. The summed E-state index contributed by atoms with van der Waals surface area (Å²) in [5.74, 6) is 0.102. The van der Waals surface area contributed by atoms with E-state index in [1.54, 1.807) is 0 Å². The van der Waals surface area contributed by atoms with Crippen molar-refractivity contribution in [2.45, 2.75) is 38.1 Å². The van der Waals surface area contributed by atoms with E-state index in [-0.39, 0.29) is 5.91 Å². The number of rotatable bonds is 4. The second-order valence-corrected chi connectivity index (χ2v) is 5.23. The standard InChI is InChI=1S/C14H18N2OS/c15-14(18)11-7-5-10(6-8-11)9-13(17)16-12-3-1-2-4-12/h5-8,12H,1-4,9H2,(H2,15,18)(H,16,17). The van der Waals surface area contributed by atoms with Crippen LogP contribution < -0.4 is 11.1 Å². The van der Waals surface area contributed by atoms with Crippen molar-refractivity contribution in [2.24, 2.45) is 5.73 Å². The molecule has 0 saturated heterocycles. The Morgan fingerprint density at radius 3 is 2.44 bits per heavy atom. The maximum atomic E-state index is 11.8. The predicted molar refractivity (Wildman–Crippen MR) is 76.4 cm³/mol. The molecule has 1 aromatic rings. The van der Waals surface area contributed by atoms with Crippen LogP contribution in [0.3, 0.4) is 0 Å². The van der Waals surface area contributed by atoms with Gasteiger partial charge in [0.15, 0.2) is 0 Å². The van der Waals surface area contributed by atoms with Crippen LogP contribution in [0.4, 0.5) is 0 Å². The number of amides is 1. The third-order valence-electron chi connectivity index (χ3n) is 3.32. The summed E-state index contributed by atoms with van der Waals surface area (Å²) in [6, 6.07) is 7.92. The molecule has 96 valence electrons. The Morgan fingerprint density at radius 2 is 1.89 bits per heavy atom. The molecule has 0 spiro atoms. The highest BCUT2D eigenvalue weighted by Gasteiger charge is 2.16. The summed E-state index contributed by atoms with van der Waals surface area (Å²) in [5.41, 5.74) is 7.36. The van der Waals surface area contributed by atoms with Crippen molar-refractivity contribution in [3.63, 3.8) is 0 Å². The largest absolute Gasteiger partial charge is 0.389 e. The third kappa shape index (κ3) is 3.53. The Kier molecular flexibility index (Phi) is 4.31. The number of carbonyl (C=O) groups excluding carboxylic acids is 1. The third-order valence-corrected chi connectivity index (χ3v) is 3.56. The number of nitrogens with two attached hydrogens (primary N) is 1. The van der Waals surface area contributed by atoms with Crippen LogP contribution >= 0.6 is 12.2 Å². The molecular formula is C14H18N2OS. The highest BCUT2D eigenvalue weighted by atomic mass is 32.1. The lowest BCUT2D eigenvalue weighted by Gasteiger charge is -2.11. The minimum absolute atomic E-state index is 0.102. The molecule has 0 radical (unpaired) electrons. The first-order chi connectivity index (χ1) is 8.65. The van der Waals surface area contributed by atoms with Gasteiger partial charge in [-0.15, -0.1) is 0 Å². The molecular weight excluding hydrogens is 244 g/mol. The second kappa shape index (κ2) is 5.96. The summed E-state index contributed by atoms with van der Waals surface area (Å²) in [6.07, 6.45) is 5.12. The maximum Gasteiger partial charge on any atom is 0.224 e. The van der Waals surface area contributed by atoms with E-state index in [4.69, 9.17) is 18.0 Å². The minimum atomic E-state index is 0.102. The lowest BCUT2D eigenvalue weighted by molar-refractivity contribution is -0.121. The molecule has 1 amide bonds. The van der Waals surface area contributed by atoms with E-state index in [0.717, 1.165) is 24.0 Å². The molecule has 18 heavy (non-hydrogen) atoms. The van der Waals surface area contributed by atoms with Crippen molar-refractivity contribution in [3.8, 4) is 0 Å². The highest BCUT2D eigenvalue weighted by molar-refractivity contribution is 7.80. The summed E-state index contributed by atoms with van der Waals surface area (Å²) in [6.45, 7) is 0. The van der Waals surface area contributed by atoms with Crippen LogP contribution in [-0.4, -0.2) is 16.9 Å². The molecule has 0 heterocycles. The molecule has 3 nitrogen and oxygen atoms in total. The van der Waals surface area contributed by atoms with Crippen molar-refractivity contribution < 1.29 is 4.79 Å². The fraction of sp³-hybridized carbons (Fsp3) is 0.429. The fourth-order valence-corrected chi connectivity index (χ4v) is 2.46. The maximum absolute atomic E-state index is 11.8. The SMILES string of the molecule is NC(=S)c1ccc(CC(=O)NC2CCCC2)cc1. The first kappa shape index (κ1) is 13.0. The van der Waals surface area contributed by atoms with Crippen LogP contribution in [0.5, 0.6) is 0 Å². The molecule has 1 aliphatic rings. The number of nitrogens with one attached hydrogen (secondary N) is 1. The van der Waals surface area contributed by atoms with Crippen LogP contribution in [0.25, 0.3) is 0 Å². The molecule has 2 rings (SSSR count). The number of hydrogen-bond acceptors (Lipinski definition) is 2. The van der Waals surface area contributed by atoms with E-state index < -0.39 is 0 Å². The van der Waals surface area contributed by atoms with E-state index in [9.17, 15) is 4.79 Å². The summed E-state index contributed by atoms with van der Waals surface area (Å²) in [4.78, 5) is 12.2. The number of benzene rings is 1. The predicted octanol–water partition coefficient (Wildman–Crippen LogP) is 1.92. The number of carbonyl (C=O) groups is 1. The number of thiocarbonyl (C=S) groups is 1. The molecule has 0 bridgehead atoms. The lowest BCUT2D eigenvalue weighted by Crippen LogP contribution is -2.33. The van der Waals surface area contributed by atoms with Crippen LogP contribution in [0.1, 0.15) is 36.8 Å². The molecule has 0 aliphatic heterocycles. The molecule has 3 N–H and O–H groups in total. The van der Waals surface area contributed by atoms with Crippen molar-refractivity contribution in [1.29, 1.82) is 0 Å². The van der Waals surface area contributed by atoms with Gasteiger partial charge in [-0.1, -0.05) is 49.3 Å². The average molecular weight is 262 g/mol. The zero-order valence-corrected chi connectivity index (χ0v) is 11.1. The van der Waals surface area contributed by atoms with Crippen LogP contribution in [0, 0.1) is 0 Å². The molecule has 4 heteroatoms. The van der Waals surface area contributed by atoms with E-state index in [2.05, 4.69) is 5.32 Å². The van der Waals surface area contributed by atoms with Gasteiger partial charge in [0.05, 0.1) is 6.42 Å². The average Bonchev–Trinajstić information content (AvgIpc) is 2.82. The Hall–Kier alpha value is -1.42. The van der Waals surface area contributed by atoms with Crippen LogP contribution in [-0.2, 0) is 11.2 Å². The Labute approximate surface area is 113 Å². The minimum Gasteiger partial charge on any atom is -0.389 e. The van der Waals surface area contributed by atoms with E-state index >= 15 is 0 Å². The Bertz CT molecular complexity index is 436. The first-order valence-corrected chi connectivity index (χ1v) is 6.74. The van der Waals surface area contributed by atoms with Gasteiger partial charge in [-0.05, 0) is 18.4 Å². The summed E-state index contributed by atoms with van der Waals surface area (Å²) >= 11 is 4.89. The van der Waals surface area contributed by atoms with Gasteiger partial charge in [-0.2, -0.15) is 0 Å². The van der Waals surface area contributed by atoms with Gasteiger partial charge in [-0.25, -0.2) is 0 Å². The van der Waals surface area contributed by atoms with Gasteiger partial charge < -0.3 is 11.1 Å². The van der Waals surface area contributed by atoms with Crippen molar-refractivity contribution in [2.75, 3.05) is 0 Å². The molecule has 0 unspecified atom stereocenters. The second-order valence-electron chi connectivity index (χ2n) is 4.79. The number of hydrogen-bond donors (Lipinski definition) is 2. The van der Waals surface area contributed by atoms with Crippen LogP contribution in [0.15, 0.2) is 24.3 Å². The zero-order valence-electron chi connectivity index (χ0n) is 10.3. The van der Waals surface area contributed by atoms with E-state index in [1.807, 2.05) is 24.3 Å². The Balaban J connectivity index is 1.88. The van der Waals surface area contributed by atoms with Crippen molar-refractivity contribution in [3.05, 3.63) is 35.4 Å². The molecule has 1 fully saturated rings. The summed E-state index contributed by atoms with van der Waals surface area (Å²) in [7, 11) is 0. The van der Waals surface area contributed by atoms with Gasteiger partial charge in [0.25, 0.3) is 0 Å². The quantitative estimate of drug-likeness (QED) is 0.815. The summed E-state index contributed by atoms with van der Waals surface area (Å²) in [5, 5.41) is 3.08. The van der Waals surface area contributed by atoms with Crippen LogP contribution in [0.2, 0.25) is 0 Å². The first-order valence-electron chi connectivity index (χ1n) is 6.33. The monoisotopic (exact) mass is 262 g/mol. The normalized spacial score (nSPS) is 15.6.